The number of aryl methyl sites for hydroxylation is 1. The summed E-state index contributed by atoms with van der Waals surface area (Å²) >= 11 is 0. The van der Waals surface area contributed by atoms with E-state index in [-0.39, 0.29) is 5.91 Å². The van der Waals surface area contributed by atoms with Crippen LogP contribution in [-0.2, 0) is 11.2 Å². The third-order valence-corrected chi connectivity index (χ3v) is 4.79. The van der Waals surface area contributed by atoms with Gasteiger partial charge in [-0.15, -0.1) is 0 Å². The second kappa shape index (κ2) is 8.12. The van der Waals surface area contributed by atoms with E-state index in [1.807, 2.05) is 30.0 Å². The molecule has 1 aliphatic heterocycles. The minimum Gasteiger partial charge on any atom is -0.465 e. The number of anilines is 1. The molecular formula is C21H22N4O3. The number of nitrogens with zero attached hydrogens (tertiary/aromatic N) is 4. The zero-order valence-corrected chi connectivity index (χ0v) is 15.7. The fourth-order valence-electron chi connectivity index (χ4n) is 3.17. The first kappa shape index (κ1) is 18.0. The van der Waals surface area contributed by atoms with Gasteiger partial charge in [0, 0.05) is 49.9 Å². The minimum absolute atomic E-state index is 0.00947. The number of furan rings is 1. The molecule has 3 aromatic rings. The first-order valence-corrected chi connectivity index (χ1v) is 9.41. The van der Waals surface area contributed by atoms with E-state index < -0.39 is 0 Å². The number of hydrogen-bond acceptors (Lipinski definition) is 6. The maximum Gasteiger partial charge on any atom is 0.246 e. The third kappa shape index (κ3) is 3.98. The van der Waals surface area contributed by atoms with Crippen LogP contribution in [0.4, 0.5) is 5.69 Å². The molecule has 0 aliphatic carbocycles. The molecule has 0 atom stereocenters. The Morgan fingerprint density at radius 1 is 1.14 bits per heavy atom. The average molecular weight is 378 g/mol. The monoisotopic (exact) mass is 378 g/mol. The molecule has 7 nitrogen and oxygen atoms in total. The number of aromatic nitrogens is 2. The molecule has 0 N–H and O–H groups in total. The Morgan fingerprint density at radius 2 is 1.93 bits per heavy atom. The Morgan fingerprint density at radius 3 is 2.57 bits per heavy atom. The van der Waals surface area contributed by atoms with Gasteiger partial charge in [-0.25, -0.2) is 0 Å². The zero-order valence-electron chi connectivity index (χ0n) is 15.7. The van der Waals surface area contributed by atoms with E-state index in [1.54, 1.807) is 24.5 Å². The first-order chi connectivity index (χ1) is 13.7. The van der Waals surface area contributed by atoms with Crippen LogP contribution < -0.4 is 4.90 Å². The summed E-state index contributed by atoms with van der Waals surface area (Å²) in [6.07, 6.45) is 5.59. The summed E-state index contributed by atoms with van der Waals surface area (Å²) in [4.78, 5) is 20.8. The lowest BCUT2D eigenvalue weighted by atomic mass is 10.1. The molecular weight excluding hydrogens is 356 g/mol. The van der Waals surface area contributed by atoms with Gasteiger partial charge in [0.15, 0.2) is 0 Å². The van der Waals surface area contributed by atoms with E-state index in [2.05, 4.69) is 27.2 Å². The minimum atomic E-state index is 0.00947. The molecule has 1 saturated heterocycles. The quantitative estimate of drug-likeness (QED) is 0.635. The second-order valence-corrected chi connectivity index (χ2v) is 6.57. The Bertz CT molecular complexity index is 936. The van der Waals surface area contributed by atoms with E-state index in [4.69, 9.17) is 8.94 Å². The fraction of sp³-hybridized carbons (Fsp3) is 0.286. The number of hydrogen-bond donors (Lipinski definition) is 0. The van der Waals surface area contributed by atoms with Crippen molar-refractivity contribution >= 4 is 17.7 Å². The van der Waals surface area contributed by atoms with Crippen molar-refractivity contribution < 1.29 is 13.7 Å². The predicted octanol–water partition coefficient (Wildman–Crippen LogP) is 3.25. The van der Waals surface area contributed by atoms with Gasteiger partial charge in [0.25, 0.3) is 0 Å². The van der Waals surface area contributed by atoms with Crippen LogP contribution in [0.5, 0.6) is 0 Å². The number of carbonyl (C=O) groups is 1. The van der Waals surface area contributed by atoms with Crippen molar-refractivity contribution in [3.63, 3.8) is 0 Å². The third-order valence-electron chi connectivity index (χ3n) is 4.79. The molecule has 3 heterocycles. The smallest absolute Gasteiger partial charge is 0.246 e. The second-order valence-electron chi connectivity index (χ2n) is 6.57. The van der Waals surface area contributed by atoms with Gasteiger partial charge in [-0.05, 0) is 42.5 Å². The van der Waals surface area contributed by atoms with Crippen LogP contribution in [0.2, 0.25) is 0 Å². The average Bonchev–Trinajstić information content (AvgIpc) is 3.44. The standard InChI is InChI=1S/C21H22N4O3/c1-2-19-22-21(23-28-19)16-5-7-17(8-6-16)24-11-13-25(14-12-24)20(26)10-9-18-4-3-15-27-18/h3-10,15H,2,11-14H2,1H3. The van der Waals surface area contributed by atoms with Crippen molar-refractivity contribution in [2.24, 2.45) is 0 Å². The van der Waals surface area contributed by atoms with Gasteiger partial charge < -0.3 is 18.7 Å². The van der Waals surface area contributed by atoms with Crippen molar-refractivity contribution in [1.29, 1.82) is 0 Å². The van der Waals surface area contributed by atoms with Crippen molar-refractivity contribution in [2.45, 2.75) is 13.3 Å². The topological polar surface area (TPSA) is 75.6 Å². The van der Waals surface area contributed by atoms with E-state index in [1.165, 1.54) is 0 Å². The fourth-order valence-corrected chi connectivity index (χ4v) is 3.17. The Kier molecular flexibility index (Phi) is 5.23. The van der Waals surface area contributed by atoms with Crippen LogP contribution in [0.3, 0.4) is 0 Å². The van der Waals surface area contributed by atoms with Gasteiger partial charge in [-0.3, -0.25) is 4.79 Å². The van der Waals surface area contributed by atoms with Crippen LogP contribution in [0.1, 0.15) is 18.6 Å². The Balaban J connectivity index is 1.34. The summed E-state index contributed by atoms with van der Waals surface area (Å²) < 4.78 is 10.4. The molecule has 0 radical (unpaired) electrons. The largest absolute Gasteiger partial charge is 0.465 e. The zero-order chi connectivity index (χ0) is 19.3. The lowest BCUT2D eigenvalue weighted by Crippen LogP contribution is -2.48. The molecule has 0 saturated carbocycles. The van der Waals surface area contributed by atoms with Gasteiger partial charge in [0.1, 0.15) is 5.76 Å². The Hall–Kier alpha value is -3.35. The van der Waals surface area contributed by atoms with Crippen molar-refractivity contribution in [3.05, 3.63) is 60.4 Å². The SMILES string of the molecule is CCc1nc(-c2ccc(N3CCN(C(=O)C=Cc4ccco4)CC3)cc2)no1. The summed E-state index contributed by atoms with van der Waals surface area (Å²) in [6.45, 7) is 4.95. The van der Waals surface area contributed by atoms with Crippen molar-refractivity contribution in [2.75, 3.05) is 31.1 Å². The van der Waals surface area contributed by atoms with Crippen molar-refractivity contribution in [3.8, 4) is 11.4 Å². The highest BCUT2D eigenvalue weighted by atomic mass is 16.5. The predicted molar refractivity (Wildman–Crippen MR) is 106 cm³/mol. The molecule has 2 aromatic heterocycles. The van der Waals surface area contributed by atoms with Crippen LogP contribution in [-0.4, -0.2) is 47.1 Å². The van der Waals surface area contributed by atoms with Gasteiger partial charge >= 0.3 is 0 Å². The summed E-state index contributed by atoms with van der Waals surface area (Å²) in [5, 5.41) is 4.01. The lowest BCUT2D eigenvalue weighted by molar-refractivity contribution is -0.126. The normalized spacial score (nSPS) is 14.8. The number of benzene rings is 1. The number of piperazine rings is 1. The van der Waals surface area contributed by atoms with Crippen LogP contribution in [0.25, 0.3) is 17.5 Å². The number of amides is 1. The first-order valence-electron chi connectivity index (χ1n) is 9.41. The lowest BCUT2D eigenvalue weighted by Gasteiger charge is -2.35. The highest BCUT2D eigenvalue weighted by molar-refractivity contribution is 5.91. The Labute approximate surface area is 163 Å². The molecule has 1 amide bonds. The van der Waals surface area contributed by atoms with E-state index in [9.17, 15) is 4.79 Å². The van der Waals surface area contributed by atoms with Crippen LogP contribution >= 0.6 is 0 Å². The van der Waals surface area contributed by atoms with E-state index >= 15 is 0 Å². The van der Waals surface area contributed by atoms with Gasteiger partial charge in [-0.1, -0.05) is 12.1 Å². The summed E-state index contributed by atoms with van der Waals surface area (Å²) in [6, 6.07) is 11.8. The maximum absolute atomic E-state index is 12.3. The maximum atomic E-state index is 12.3. The molecule has 1 fully saturated rings. The van der Waals surface area contributed by atoms with Gasteiger partial charge in [-0.2, -0.15) is 4.98 Å². The number of carbonyl (C=O) groups excluding carboxylic acids is 1. The van der Waals surface area contributed by atoms with E-state index in [0.717, 1.165) is 30.8 Å². The van der Waals surface area contributed by atoms with Crippen LogP contribution in [0.15, 0.2) is 57.7 Å². The molecule has 0 unspecified atom stereocenters. The molecule has 1 aliphatic rings. The molecule has 0 bridgehead atoms. The highest BCUT2D eigenvalue weighted by Crippen LogP contribution is 2.22. The summed E-state index contributed by atoms with van der Waals surface area (Å²) in [5.74, 6) is 1.94. The summed E-state index contributed by atoms with van der Waals surface area (Å²) in [7, 11) is 0. The molecule has 4 rings (SSSR count). The van der Waals surface area contributed by atoms with Gasteiger partial charge in [0.05, 0.1) is 6.26 Å². The molecule has 0 spiro atoms. The highest BCUT2D eigenvalue weighted by Gasteiger charge is 2.20. The van der Waals surface area contributed by atoms with E-state index in [0.29, 0.717) is 30.6 Å². The molecule has 28 heavy (non-hydrogen) atoms. The van der Waals surface area contributed by atoms with Gasteiger partial charge in [0.2, 0.25) is 17.6 Å². The van der Waals surface area contributed by atoms with Crippen molar-refractivity contribution in [1.82, 2.24) is 15.0 Å². The molecule has 1 aromatic carbocycles. The molecule has 7 heteroatoms. The number of rotatable bonds is 5. The summed E-state index contributed by atoms with van der Waals surface area (Å²) in [5.41, 5.74) is 2.06. The molecule has 144 valence electrons. The van der Waals surface area contributed by atoms with Crippen LogP contribution in [0, 0.1) is 0 Å².